The van der Waals surface area contributed by atoms with Gasteiger partial charge in [0.1, 0.15) is 5.75 Å². The highest BCUT2D eigenvalue weighted by Gasteiger charge is 2.18. The summed E-state index contributed by atoms with van der Waals surface area (Å²) >= 11 is 0. The minimum Gasteiger partial charge on any atom is -0.480 e. The maximum absolute atomic E-state index is 12.5. The van der Waals surface area contributed by atoms with Gasteiger partial charge < -0.3 is 10.1 Å². The molecule has 26 heavy (non-hydrogen) atoms. The molecule has 0 saturated carbocycles. The fourth-order valence-corrected chi connectivity index (χ4v) is 3.04. The molecule has 1 N–H and O–H groups in total. The van der Waals surface area contributed by atoms with E-state index in [-0.39, 0.29) is 5.91 Å². The van der Waals surface area contributed by atoms with Crippen LogP contribution >= 0.6 is 0 Å². The zero-order valence-electron chi connectivity index (χ0n) is 15.2. The monoisotopic (exact) mass is 347 g/mol. The third-order valence-corrected chi connectivity index (χ3v) is 4.47. The first-order chi connectivity index (χ1) is 12.8. The number of carbonyl (C=O) groups is 1. The van der Waals surface area contributed by atoms with Crippen LogP contribution < -0.4 is 10.1 Å². The average molecular weight is 347 g/mol. The van der Waals surface area contributed by atoms with Gasteiger partial charge in [0.15, 0.2) is 6.10 Å². The Morgan fingerprint density at radius 1 is 0.962 bits per heavy atom. The van der Waals surface area contributed by atoms with E-state index in [0.29, 0.717) is 13.0 Å². The zero-order valence-corrected chi connectivity index (χ0v) is 15.2. The number of amides is 1. The van der Waals surface area contributed by atoms with Crippen LogP contribution in [-0.2, 0) is 11.2 Å². The zero-order chi connectivity index (χ0) is 18.2. The molecule has 1 unspecified atom stereocenters. The number of hydrogen-bond acceptors (Lipinski definition) is 2. The van der Waals surface area contributed by atoms with E-state index < -0.39 is 6.10 Å². The van der Waals surface area contributed by atoms with Gasteiger partial charge in [-0.05, 0) is 36.3 Å². The van der Waals surface area contributed by atoms with Crippen LogP contribution in [0.3, 0.4) is 0 Å². The molecule has 0 aliphatic carbocycles. The van der Waals surface area contributed by atoms with Crippen LogP contribution in [0.2, 0.25) is 0 Å². The number of ether oxygens (including phenoxy) is 1. The first kappa shape index (κ1) is 18.0. The highest BCUT2D eigenvalue weighted by Crippen LogP contribution is 2.26. The molecule has 1 atom stereocenters. The quantitative estimate of drug-likeness (QED) is 0.597. The van der Waals surface area contributed by atoms with E-state index in [4.69, 9.17) is 4.74 Å². The summed E-state index contributed by atoms with van der Waals surface area (Å²) in [5.41, 5.74) is 1.29. The van der Waals surface area contributed by atoms with Crippen molar-refractivity contribution in [2.24, 2.45) is 0 Å². The molecule has 3 heteroatoms. The first-order valence-electron chi connectivity index (χ1n) is 9.24. The van der Waals surface area contributed by atoms with E-state index in [2.05, 4.69) is 17.4 Å². The Hall–Kier alpha value is -2.81. The standard InChI is InChI=1S/C23H25NO2/c1-2-21(23(25)24-17-9-12-18-10-4-3-5-11-18)26-22-16-8-14-19-13-6-7-15-20(19)22/h3-8,10-11,13-16,21H,2,9,12,17H2,1H3,(H,24,25). The van der Waals surface area contributed by atoms with Crippen LogP contribution in [-0.4, -0.2) is 18.6 Å². The van der Waals surface area contributed by atoms with Crippen LogP contribution in [0.25, 0.3) is 10.8 Å². The lowest BCUT2D eigenvalue weighted by Crippen LogP contribution is -2.38. The molecule has 0 aliphatic rings. The van der Waals surface area contributed by atoms with E-state index >= 15 is 0 Å². The summed E-state index contributed by atoms with van der Waals surface area (Å²) in [6.45, 7) is 2.63. The Kier molecular flexibility index (Phi) is 6.26. The van der Waals surface area contributed by atoms with Crippen molar-refractivity contribution >= 4 is 16.7 Å². The molecular weight excluding hydrogens is 322 g/mol. The van der Waals surface area contributed by atoms with Crippen LogP contribution in [0.1, 0.15) is 25.3 Å². The third-order valence-electron chi connectivity index (χ3n) is 4.47. The van der Waals surface area contributed by atoms with Crippen molar-refractivity contribution in [1.29, 1.82) is 0 Å². The van der Waals surface area contributed by atoms with Crippen LogP contribution in [0.15, 0.2) is 72.8 Å². The van der Waals surface area contributed by atoms with E-state index in [1.165, 1.54) is 5.56 Å². The van der Waals surface area contributed by atoms with Gasteiger partial charge in [0, 0.05) is 11.9 Å². The Bertz CT molecular complexity index is 840. The van der Waals surface area contributed by atoms with E-state index in [0.717, 1.165) is 29.4 Å². The Morgan fingerprint density at radius 2 is 1.69 bits per heavy atom. The number of benzene rings is 3. The van der Waals surface area contributed by atoms with Crippen molar-refractivity contribution in [1.82, 2.24) is 5.32 Å². The molecule has 0 spiro atoms. The van der Waals surface area contributed by atoms with Gasteiger partial charge in [-0.1, -0.05) is 73.7 Å². The fourth-order valence-electron chi connectivity index (χ4n) is 3.04. The topological polar surface area (TPSA) is 38.3 Å². The molecule has 0 fully saturated rings. The Labute approximate surface area is 155 Å². The molecule has 0 saturated heterocycles. The summed E-state index contributed by atoms with van der Waals surface area (Å²) in [6, 6.07) is 24.3. The molecule has 0 aliphatic heterocycles. The molecule has 134 valence electrons. The van der Waals surface area contributed by atoms with Gasteiger partial charge in [-0.15, -0.1) is 0 Å². The SMILES string of the molecule is CCC(Oc1cccc2ccccc12)C(=O)NCCCc1ccccc1. The summed E-state index contributed by atoms with van der Waals surface area (Å²) in [6.07, 6.45) is 2.04. The molecule has 0 aromatic heterocycles. The fraction of sp³-hybridized carbons (Fsp3) is 0.261. The number of fused-ring (bicyclic) bond motifs is 1. The maximum Gasteiger partial charge on any atom is 0.261 e. The molecule has 0 heterocycles. The normalized spacial score (nSPS) is 11.9. The van der Waals surface area contributed by atoms with E-state index in [1.54, 1.807) is 0 Å². The first-order valence-corrected chi connectivity index (χ1v) is 9.24. The molecule has 3 nitrogen and oxygen atoms in total. The molecule has 3 aromatic rings. The lowest BCUT2D eigenvalue weighted by molar-refractivity contribution is -0.128. The minimum absolute atomic E-state index is 0.0477. The van der Waals surface area contributed by atoms with Gasteiger partial charge in [-0.3, -0.25) is 4.79 Å². The van der Waals surface area contributed by atoms with Gasteiger partial charge in [0.25, 0.3) is 5.91 Å². The maximum atomic E-state index is 12.5. The second-order valence-corrected chi connectivity index (χ2v) is 6.37. The van der Waals surface area contributed by atoms with Crippen molar-refractivity contribution in [2.45, 2.75) is 32.3 Å². The van der Waals surface area contributed by atoms with Crippen molar-refractivity contribution in [2.75, 3.05) is 6.54 Å². The van der Waals surface area contributed by atoms with Gasteiger partial charge in [0.2, 0.25) is 0 Å². The van der Waals surface area contributed by atoms with Crippen molar-refractivity contribution in [3.8, 4) is 5.75 Å². The predicted octanol–water partition coefficient (Wildman–Crippen LogP) is 4.75. The van der Waals surface area contributed by atoms with Gasteiger partial charge in [-0.2, -0.15) is 0 Å². The summed E-state index contributed by atoms with van der Waals surface area (Å²) in [5.74, 6) is 0.711. The smallest absolute Gasteiger partial charge is 0.261 e. The average Bonchev–Trinajstić information content (AvgIpc) is 2.70. The van der Waals surface area contributed by atoms with Crippen LogP contribution in [0.4, 0.5) is 0 Å². The number of aryl methyl sites for hydroxylation is 1. The van der Waals surface area contributed by atoms with Crippen LogP contribution in [0.5, 0.6) is 5.75 Å². The number of rotatable bonds is 8. The summed E-state index contributed by atoms with van der Waals surface area (Å²) in [5, 5.41) is 5.16. The molecule has 1 amide bonds. The summed E-state index contributed by atoms with van der Waals surface area (Å²) < 4.78 is 6.04. The summed E-state index contributed by atoms with van der Waals surface area (Å²) in [7, 11) is 0. The lowest BCUT2D eigenvalue weighted by atomic mass is 10.1. The second-order valence-electron chi connectivity index (χ2n) is 6.37. The van der Waals surface area contributed by atoms with Crippen LogP contribution in [0, 0.1) is 0 Å². The molecule has 3 rings (SSSR count). The van der Waals surface area contributed by atoms with E-state index in [9.17, 15) is 4.79 Å². The van der Waals surface area contributed by atoms with Gasteiger partial charge in [-0.25, -0.2) is 0 Å². The largest absolute Gasteiger partial charge is 0.480 e. The van der Waals surface area contributed by atoms with Crippen molar-refractivity contribution < 1.29 is 9.53 Å². The number of hydrogen-bond donors (Lipinski definition) is 1. The van der Waals surface area contributed by atoms with Crippen molar-refractivity contribution in [3.63, 3.8) is 0 Å². The number of nitrogens with one attached hydrogen (secondary N) is 1. The summed E-state index contributed by atoms with van der Waals surface area (Å²) in [4.78, 5) is 12.5. The van der Waals surface area contributed by atoms with Gasteiger partial charge in [0.05, 0.1) is 0 Å². The number of carbonyl (C=O) groups excluding carboxylic acids is 1. The molecule has 0 radical (unpaired) electrons. The van der Waals surface area contributed by atoms with Crippen molar-refractivity contribution in [3.05, 3.63) is 78.4 Å². The Morgan fingerprint density at radius 3 is 2.50 bits per heavy atom. The lowest BCUT2D eigenvalue weighted by Gasteiger charge is -2.18. The molecular formula is C23H25NO2. The Balaban J connectivity index is 1.55. The van der Waals surface area contributed by atoms with Gasteiger partial charge >= 0.3 is 0 Å². The third kappa shape index (κ3) is 4.63. The predicted molar refractivity (Wildman–Crippen MR) is 106 cm³/mol. The minimum atomic E-state index is -0.475. The molecule has 3 aromatic carbocycles. The highest BCUT2D eigenvalue weighted by molar-refractivity contribution is 5.89. The molecule has 0 bridgehead atoms. The van der Waals surface area contributed by atoms with E-state index in [1.807, 2.05) is 67.6 Å². The highest BCUT2D eigenvalue weighted by atomic mass is 16.5. The second kappa shape index (κ2) is 9.04.